The van der Waals surface area contributed by atoms with Crippen molar-refractivity contribution in [2.24, 2.45) is 0 Å². The molecule has 2 rings (SSSR count). The van der Waals surface area contributed by atoms with Crippen molar-refractivity contribution in [1.29, 1.82) is 5.26 Å². The van der Waals surface area contributed by atoms with Crippen LogP contribution in [-0.2, 0) is 4.79 Å². The number of rotatable bonds is 4. The Hall–Kier alpha value is -3.13. The van der Waals surface area contributed by atoms with E-state index in [1.165, 1.54) is 30.3 Å². The first-order valence-corrected chi connectivity index (χ1v) is 5.97. The van der Waals surface area contributed by atoms with Crippen LogP contribution in [0.15, 0.2) is 54.1 Å². The highest BCUT2D eigenvalue weighted by molar-refractivity contribution is 5.96. The van der Waals surface area contributed by atoms with E-state index in [9.17, 15) is 9.18 Å². The molecule has 0 saturated carbocycles. The molecule has 1 N–H and O–H groups in total. The van der Waals surface area contributed by atoms with Crippen molar-refractivity contribution >= 4 is 12.0 Å². The molecule has 0 heterocycles. The van der Waals surface area contributed by atoms with E-state index in [-0.39, 0.29) is 11.4 Å². The molecule has 0 aliphatic carbocycles. The third kappa shape index (κ3) is 3.91. The Morgan fingerprint density at radius 3 is 2.10 bits per heavy atom. The normalized spacial score (nSPS) is 10.8. The fourth-order valence-corrected chi connectivity index (χ4v) is 1.58. The molecule has 2 aromatic carbocycles. The summed E-state index contributed by atoms with van der Waals surface area (Å²) in [4.78, 5) is 10.7. The molecule has 0 fully saturated rings. The molecule has 0 amide bonds. The summed E-state index contributed by atoms with van der Waals surface area (Å²) in [5.74, 6) is -0.611. The van der Waals surface area contributed by atoms with Crippen LogP contribution in [0.3, 0.4) is 0 Å². The molecule has 0 saturated heterocycles. The molecule has 2 aromatic rings. The predicted octanol–water partition coefficient (Wildman–Crippen LogP) is 3.61. The summed E-state index contributed by atoms with van der Waals surface area (Å²) in [6.45, 7) is 0. The van der Waals surface area contributed by atoms with E-state index in [0.717, 1.165) is 0 Å². The first-order chi connectivity index (χ1) is 10.1. The molecule has 0 aliphatic heterocycles. The molecule has 0 aliphatic rings. The number of hydrogen-bond donors (Lipinski definition) is 1. The number of hydrogen-bond acceptors (Lipinski definition) is 3. The number of benzene rings is 2. The van der Waals surface area contributed by atoms with Gasteiger partial charge in [-0.1, -0.05) is 12.1 Å². The monoisotopic (exact) mass is 283 g/mol. The summed E-state index contributed by atoms with van der Waals surface area (Å²) in [5.41, 5.74) is 0.225. The van der Waals surface area contributed by atoms with Gasteiger partial charge >= 0.3 is 5.97 Å². The molecule has 21 heavy (non-hydrogen) atoms. The number of nitrogens with zero attached hydrogens (tertiary/aromatic N) is 1. The summed E-state index contributed by atoms with van der Waals surface area (Å²) >= 11 is 0. The molecule has 0 aromatic heterocycles. The maximum absolute atomic E-state index is 12.8. The van der Waals surface area contributed by atoms with E-state index in [1.54, 1.807) is 30.3 Å². The lowest BCUT2D eigenvalue weighted by Gasteiger charge is -2.05. The molecule has 5 heteroatoms. The minimum atomic E-state index is -1.27. The zero-order valence-corrected chi connectivity index (χ0v) is 10.8. The van der Waals surface area contributed by atoms with Gasteiger partial charge in [0, 0.05) is 0 Å². The predicted molar refractivity (Wildman–Crippen MR) is 74.1 cm³/mol. The molecule has 104 valence electrons. The Morgan fingerprint density at radius 2 is 1.62 bits per heavy atom. The van der Waals surface area contributed by atoms with Gasteiger partial charge in [-0.2, -0.15) is 5.26 Å². The van der Waals surface area contributed by atoms with Crippen LogP contribution in [0.25, 0.3) is 6.08 Å². The van der Waals surface area contributed by atoms with E-state index in [2.05, 4.69) is 0 Å². The lowest BCUT2D eigenvalue weighted by atomic mass is 10.1. The largest absolute Gasteiger partial charge is 0.477 e. The number of carbonyl (C=O) groups is 1. The van der Waals surface area contributed by atoms with Crippen LogP contribution in [0.1, 0.15) is 5.56 Å². The first-order valence-electron chi connectivity index (χ1n) is 5.97. The number of nitriles is 1. The molecular formula is C16H10FNO3. The van der Waals surface area contributed by atoms with Gasteiger partial charge in [-0.15, -0.1) is 0 Å². The van der Waals surface area contributed by atoms with Crippen LogP contribution < -0.4 is 4.74 Å². The van der Waals surface area contributed by atoms with Crippen LogP contribution in [0.2, 0.25) is 0 Å². The highest BCUT2D eigenvalue weighted by Gasteiger charge is 2.05. The summed E-state index contributed by atoms with van der Waals surface area (Å²) in [7, 11) is 0. The summed E-state index contributed by atoms with van der Waals surface area (Å²) in [6, 6.07) is 13.7. The number of halogens is 1. The van der Waals surface area contributed by atoms with E-state index < -0.39 is 5.97 Å². The Bertz CT molecular complexity index is 713. The second-order valence-corrected chi connectivity index (χ2v) is 4.10. The highest BCUT2D eigenvalue weighted by Crippen LogP contribution is 2.22. The van der Waals surface area contributed by atoms with Gasteiger partial charge in [-0.3, -0.25) is 0 Å². The van der Waals surface area contributed by atoms with Gasteiger partial charge in [-0.25, -0.2) is 9.18 Å². The maximum Gasteiger partial charge on any atom is 0.346 e. The molecule has 0 unspecified atom stereocenters. The standard InChI is InChI=1S/C16H10FNO3/c17-13-3-7-15(8-4-13)21-14-5-1-11(2-6-14)9-12(10-18)16(19)20/h1-9H,(H,19,20)/b12-9+. The minimum Gasteiger partial charge on any atom is -0.477 e. The van der Waals surface area contributed by atoms with Crippen molar-refractivity contribution in [3.05, 3.63) is 65.5 Å². The Morgan fingerprint density at radius 1 is 1.10 bits per heavy atom. The van der Waals surface area contributed by atoms with Crippen molar-refractivity contribution in [1.82, 2.24) is 0 Å². The molecule has 0 radical (unpaired) electrons. The van der Waals surface area contributed by atoms with Crippen molar-refractivity contribution < 1.29 is 19.0 Å². The van der Waals surface area contributed by atoms with Crippen LogP contribution in [0.4, 0.5) is 4.39 Å². The Balaban J connectivity index is 2.14. The summed E-state index contributed by atoms with van der Waals surface area (Å²) < 4.78 is 18.3. The third-order valence-corrected chi connectivity index (χ3v) is 2.59. The van der Waals surface area contributed by atoms with Crippen LogP contribution in [0.5, 0.6) is 11.5 Å². The van der Waals surface area contributed by atoms with Crippen LogP contribution in [0, 0.1) is 17.1 Å². The van der Waals surface area contributed by atoms with E-state index in [4.69, 9.17) is 15.1 Å². The average Bonchev–Trinajstić information content (AvgIpc) is 2.48. The topological polar surface area (TPSA) is 70.3 Å². The maximum atomic E-state index is 12.8. The molecule has 4 nitrogen and oxygen atoms in total. The number of aliphatic carboxylic acids is 1. The van der Waals surface area contributed by atoms with Gasteiger partial charge in [0.2, 0.25) is 0 Å². The van der Waals surface area contributed by atoms with Crippen molar-refractivity contribution in [3.63, 3.8) is 0 Å². The van der Waals surface area contributed by atoms with Gasteiger partial charge < -0.3 is 9.84 Å². The Kier molecular flexibility index (Phi) is 4.32. The van der Waals surface area contributed by atoms with Crippen molar-refractivity contribution in [3.8, 4) is 17.6 Å². The second kappa shape index (κ2) is 6.35. The molecule has 0 spiro atoms. The SMILES string of the molecule is N#C/C(=C\c1ccc(Oc2ccc(F)cc2)cc1)C(=O)O. The minimum absolute atomic E-state index is 0.345. The van der Waals surface area contributed by atoms with Crippen molar-refractivity contribution in [2.75, 3.05) is 0 Å². The molecular weight excluding hydrogens is 273 g/mol. The molecule has 0 bridgehead atoms. The van der Waals surface area contributed by atoms with Gasteiger partial charge in [0.15, 0.2) is 0 Å². The molecule has 0 atom stereocenters. The fraction of sp³-hybridized carbons (Fsp3) is 0. The Labute approximate surface area is 120 Å². The zero-order valence-electron chi connectivity index (χ0n) is 10.8. The number of carboxylic acids is 1. The highest BCUT2D eigenvalue weighted by atomic mass is 19.1. The van der Waals surface area contributed by atoms with Gasteiger partial charge in [-0.05, 0) is 48.0 Å². The van der Waals surface area contributed by atoms with Gasteiger partial charge in [0.1, 0.15) is 29.0 Å². The smallest absolute Gasteiger partial charge is 0.346 e. The average molecular weight is 283 g/mol. The lowest BCUT2D eigenvalue weighted by Crippen LogP contribution is -1.97. The van der Waals surface area contributed by atoms with Gasteiger partial charge in [0.05, 0.1) is 0 Å². The van der Waals surface area contributed by atoms with E-state index in [0.29, 0.717) is 17.1 Å². The number of ether oxygens (including phenoxy) is 1. The summed E-state index contributed by atoms with van der Waals surface area (Å²) in [6.07, 6.45) is 1.27. The second-order valence-electron chi connectivity index (χ2n) is 4.10. The quantitative estimate of drug-likeness (QED) is 0.687. The zero-order chi connectivity index (χ0) is 15.2. The van der Waals surface area contributed by atoms with Gasteiger partial charge in [0.25, 0.3) is 0 Å². The van der Waals surface area contributed by atoms with Crippen LogP contribution >= 0.6 is 0 Å². The van der Waals surface area contributed by atoms with E-state index in [1.807, 2.05) is 0 Å². The van der Waals surface area contributed by atoms with Crippen LogP contribution in [-0.4, -0.2) is 11.1 Å². The lowest BCUT2D eigenvalue weighted by molar-refractivity contribution is -0.132. The van der Waals surface area contributed by atoms with Crippen molar-refractivity contribution in [2.45, 2.75) is 0 Å². The number of carboxylic acid groups (broad SMARTS) is 1. The first kappa shape index (κ1) is 14.3. The fourth-order valence-electron chi connectivity index (χ4n) is 1.58. The van der Waals surface area contributed by atoms with E-state index >= 15 is 0 Å². The third-order valence-electron chi connectivity index (χ3n) is 2.59. The summed E-state index contributed by atoms with van der Waals surface area (Å²) in [5, 5.41) is 17.4.